The van der Waals surface area contributed by atoms with E-state index in [4.69, 9.17) is 5.26 Å². The number of benzene rings is 1. The van der Waals surface area contributed by atoms with Crippen molar-refractivity contribution in [3.8, 4) is 33.8 Å². The van der Waals surface area contributed by atoms with E-state index in [0.29, 0.717) is 28.0 Å². The van der Waals surface area contributed by atoms with Crippen molar-refractivity contribution >= 4 is 17.2 Å². The quantitative estimate of drug-likeness (QED) is 0.586. The van der Waals surface area contributed by atoms with Crippen LogP contribution in [0.2, 0.25) is 0 Å². The van der Waals surface area contributed by atoms with Crippen LogP contribution < -0.4 is 10.2 Å². The Balaban J connectivity index is 1.26. The number of hydrogen-bond acceptors (Lipinski definition) is 10. The molecule has 0 radical (unpaired) electrons. The van der Waals surface area contributed by atoms with Gasteiger partial charge in [-0.15, -0.1) is 20.4 Å². The number of piperidine rings is 1. The number of alkyl halides is 1. The number of aromatic hydroxyl groups is 1. The summed E-state index contributed by atoms with van der Waals surface area (Å²) in [5.41, 5.74) is 1.08. The van der Waals surface area contributed by atoms with Gasteiger partial charge in [-0.1, -0.05) is 17.4 Å². The molecule has 1 saturated carbocycles. The molecule has 2 aliphatic heterocycles. The molecule has 0 spiro atoms. The molecule has 1 aromatic carbocycles. The van der Waals surface area contributed by atoms with Gasteiger partial charge in [-0.25, -0.2) is 9.37 Å². The molecule has 0 amide bonds. The highest BCUT2D eigenvalue weighted by molar-refractivity contribution is 7.15. The minimum atomic E-state index is -0.940. The number of nitrogens with zero attached hydrogens (tertiary/aromatic N) is 7. The Morgan fingerprint density at radius 3 is 2.73 bits per heavy atom. The fraction of sp³-hybridized carbons (Fsp3) is 0.455. The summed E-state index contributed by atoms with van der Waals surface area (Å²) >= 11 is 1.15. The maximum Gasteiger partial charge on any atom is 0.218 e. The van der Waals surface area contributed by atoms with E-state index in [-0.39, 0.29) is 34.7 Å². The van der Waals surface area contributed by atoms with Gasteiger partial charge in [0.15, 0.2) is 11.6 Å². The summed E-state index contributed by atoms with van der Waals surface area (Å²) in [5.74, 6) is 0.855. The Labute approximate surface area is 193 Å². The van der Waals surface area contributed by atoms with Crippen molar-refractivity contribution in [1.82, 2.24) is 30.7 Å². The normalized spacial score (nSPS) is 26.2. The van der Waals surface area contributed by atoms with Crippen molar-refractivity contribution in [3.63, 3.8) is 0 Å². The largest absolute Gasteiger partial charge is 0.507 e. The lowest BCUT2D eigenvalue weighted by atomic mass is 9.96. The summed E-state index contributed by atoms with van der Waals surface area (Å²) in [6, 6.07) is 7.31. The second kappa shape index (κ2) is 7.97. The van der Waals surface area contributed by atoms with Gasteiger partial charge in [0.25, 0.3) is 0 Å². The van der Waals surface area contributed by atoms with Crippen molar-refractivity contribution in [3.05, 3.63) is 29.4 Å². The average Bonchev–Trinajstić information content (AvgIpc) is 3.39. The summed E-state index contributed by atoms with van der Waals surface area (Å²) in [7, 11) is 0. The summed E-state index contributed by atoms with van der Waals surface area (Å²) in [5, 5.41) is 40.1. The van der Waals surface area contributed by atoms with E-state index >= 15 is 4.39 Å². The van der Waals surface area contributed by atoms with Gasteiger partial charge in [-0.05, 0) is 44.2 Å². The van der Waals surface area contributed by atoms with Gasteiger partial charge >= 0.3 is 0 Å². The Bertz CT molecular complexity index is 1220. The smallest absolute Gasteiger partial charge is 0.218 e. The molecule has 1 aliphatic carbocycles. The van der Waals surface area contributed by atoms with E-state index in [1.54, 1.807) is 24.4 Å². The van der Waals surface area contributed by atoms with Gasteiger partial charge in [0.1, 0.15) is 23.0 Å². The summed E-state index contributed by atoms with van der Waals surface area (Å²) < 4.78 is 15.2. The highest BCUT2D eigenvalue weighted by Crippen LogP contribution is 2.40. The second-order valence-electron chi connectivity index (χ2n) is 8.83. The number of halogens is 1. The zero-order valence-corrected chi connectivity index (χ0v) is 18.4. The predicted molar refractivity (Wildman–Crippen MR) is 119 cm³/mol. The average molecular weight is 465 g/mol. The minimum Gasteiger partial charge on any atom is -0.507 e. The highest BCUT2D eigenvalue weighted by Gasteiger charge is 2.48. The third kappa shape index (κ3) is 3.69. The summed E-state index contributed by atoms with van der Waals surface area (Å²) in [6.45, 7) is 0. The van der Waals surface area contributed by atoms with Crippen LogP contribution in [0.4, 0.5) is 10.2 Å². The number of hydrogen-bond donors (Lipinski definition) is 2. The molecule has 2 saturated heterocycles. The fourth-order valence-corrected chi connectivity index (χ4v) is 5.61. The lowest BCUT2D eigenvalue weighted by Crippen LogP contribution is -2.57. The monoisotopic (exact) mass is 464 g/mol. The molecule has 3 aromatic rings. The van der Waals surface area contributed by atoms with E-state index in [1.807, 2.05) is 6.07 Å². The van der Waals surface area contributed by atoms with Crippen LogP contribution in [0.3, 0.4) is 0 Å². The van der Waals surface area contributed by atoms with E-state index in [1.165, 1.54) is 0 Å². The van der Waals surface area contributed by atoms with Crippen LogP contribution in [0.5, 0.6) is 5.75 Å². The van der Waals surface area contributed by atoms with Crippen molar-refractivity contribution in [1.29, 1.82) is 5.26 Å². The van der Waals surface area contributed by atoms with Crippen molar-refractivity contribution < 1.29 is 9.50 Å². The number of nitrogens with one attached hydrogen (secondary N) is 1. The highest BCUT2D eigenvalue weighted by atomic mass is 32.1. The molecular formula is C22H21FN8OS. The van der Waals surface area contributed by atoms with Crippen molar-refractivity contribution in [2.45, 2.75) is 62.4 Å². The number of nitriles is 1. The molecule has 3 aliphatic rings. The maximum absolute atomic E-state index is 15.2. The molecule has 168 valence electrons. The molecule has 4 heterocycles. The van der Waals surface area contributed by atoms with Crippen molar-refractivity contribution in [2.24, 2.45) is 0 Å². The zero-order valence-electron chi connectivity index (χ0n) is 17.6. The molecule has 4 atom stereocenters. The van der Waals surface area contributed by atoms with Crippen LogP contribution in [-0.2, 0) is 0 Å². The van der Waals surface area contributed by atoms with E-state index in [9.17, 15) is 5.11 Å². The Morgan fingerprint density at radius 2 is 2.03 bits per heavy atom. The van der Waals surface area contributed by atoms with Crippen LogP contribution in [-0.4, -0.2) is 60.8 Å². The lowest BCUT2D eigenvalue weighted by Gasteiger charge is -2.40. The van der Waals surface area contributed by atoms with Gasteiger partial charge in [0.05, 0.1) is 17.8 Å². The molecule has 11 heteroatoms. The van der Waals surface area contributed by atoms with Crippen LogP contribution >= 0.6 is 11.3 Å². The molecule has 2 aromatic heterocycles. The Morgan fingerprint density at radius 1 is 1.15 bits per heavy atom. The van der Waals surface area contributed by atoms with Gasteiger partial charge in [0.2, 0.25) is 5.01 Å². The van der Waals surface area contributed by atoms with Crippen LogP contribution in [0, 0.1) is 11.3 Å². The minimum absolute atomic E-state index is 0.0199. The molecule has 0 unspecified atom stereocenters. The van der Waals surface area contributed by atoms with E-state index in [0.717, 1.165) is 43.4 Å². The third-order valence-corrected chi connectivity index (χ3v) is 7.55. The summed E-state index contributed by atoms with van der Waals surface area (Å²) in [4.78, 5) is 6.54. The first-order valence-electron chi connectivity index (χ1n) is 11.1. The van der Waals surface area contributed by atoms with Crippen LogP contribution in [0.25, 0.3) is 22.0 Å². The number of phenolic OH excluding ortho intramolecular Hbond substituents is 1. The molecule has 3 fully saturated rings. The number of fused-ring (bicyclic) bond motifs is 2. The number of aromatic nitrogens is 5. The van der Waals surface area contributed by atoms with Gasteiger partial charge in [-0.2, -0.15) is 5.26 Å². The first-order chi connectivity index (χ1) is 16.1. The molecule has 33 heavy (non-hydrogen) atoms. The fourth-order valence-electron chi connectivity index (χ4n) is 4.97. The molecule has 2 N–H and O–H groups in total. The first-order valence-corrected chi connectivity index (χ1v) is 11.9. The lowest BCUT2D eigenvalue weighted by molar-refractivity contribution is 0.171. The second-order valence-corrected chi connectivity index (χ2v) is 9.81. The number of anilines is 1. The van der Waals surface area contributed by atoms with Crippen LogP contribution in [0.1, 0.15) is 37.1 Å². The Kier molecular flexibility index (Phi) is 4.92. The Hall–Kier alpha value is -3.23. The van der Waals surface area contributed by atoms with Gasteiger partial charge in [-0.3, -0.25) is 0 Å². The zero-order chi connectivity index (χ0) is 22.5. The van der Waals surface area contributed by atoms with Crippen LogP contribution in [0.15, 0.2) is 24.4 Å². The van der Waals surface area contributed by atoms with Crippen molar-refractivity contribution in [2.75, 3.05) is 4.90 Å². The standard InChI is InChI=1S/C22H21FN8OS/c23-20-15-6-2-12(26-15)8-16(20)31(13-3-4-13)18-10-25-21(29-27-18)14-5-1-11(7-17(14)32)22-30-28-19(9-24)33-22/h1,5,7,10,12-13,15-16,20,26,32H,2-4,6,8H2/t12-,15+,16+,20-/m1/s1. The molecule has 9 nitrogen and oxygen atoms in total. The summed E-state index contributed by atoms with van der Waals surface area (Å²) in [6.07, 6.45) is 5.41. The molecule has 6 rings (SSSR count). The van der Waals surface area contributed by atoms with E-state index < -0.39 is 6.17 Å². The van der Waals surface area contributed by atoms with Gasteiger partial charge in [0, 0.05) is 23.7 Å². The molecule has 2 bridgehead atoms. The van der Waals surface area contributed by atoms with Gasteiger partial charge < -0.3 is 15.3 Å². The molecular weight excluding hydrogens is 443 g/mol. The SMILES string of the molecule is N#Cc1nnc(-c2ccc(-c3ncc(N(C4CC4)[C@H]4C[C@H]5CC[C@H](N5)[C@H]4F)nn3)c(O)c2)s1. The third-order valence-electron chi connectivity index (χ3n) is 6.67. The number of rotatable bonds is 5. The first kappa shape index (κ1) is 20.4. The predicted octanol–water partition coefficient (Wildman–Crippen LogP) is 2.83. The van der Waals surface area contributed by atoms with E-state index in [2.05, 4.69) is 35.6 Å². The number of phenols is 1. The topological polar surface area (TPSA) is 124 Å². The maximum atomic E-state index is 15.2.